The van der Waals surface area contributed by atoms with E-state index in [9.17, 15) is 4.79 Å². The topological polar surface area (TPSA) is 29.1 Å². The van der Waals surface area contributed by atoms with Gasteiger partial charge in [0.15, 0.2) is 0 Å². The number of hydrogen-bond acceptors (Lipinski definition) is 1. The lowest BCUT2D eigenvalue weighted by molar-refractivity contribution is 0.102. The summed E-state index contributed by atoms with van der Waals surface area (Å²) in [6, 6.07) is 16.9. The van der Waals surface area contributed by atoms with E-state index in [4.69, 9.17) is 11.6 Å². The van der Waals surface area contributed by atoms with Crippen molar-refractivity contribution < 1.29 is 4.79 Å². The molecular weight excluding hydrogens is 246 g/mol. The first kappa shape index (κ1) is 12.7. The highest BCUT2D eigenvalue weighted by molar-refractivity contribution is 6.18. The molecule has 2 nitrogen and oxygen atoms in total. The van der Waals surface area contributed by atoms with Crippen molar-refractivity contribution in [3.05, 3.63) is 65.7 Å². The number of halogens is 1. The van der Waals surface area contributed by atoms with Crippen molar-refractivity contribution in [2.45, 2.75) is 6.42 Å². The summed E-state index contributed by atoms with van der Waals surface area (Å²) in [4.78, 5) is 12.0. The van der Waals surface area contributed by atoms with E-state index < -0.39 is 0 Å². The second kappa shape index (κ2) is 6.22. The van der Waals surface area contributed by atoms with Crippen LogP contribution in [0.5, 0.6) is 0 Å². The van der Waals surface area contributed by atoms with Crippen LogP contribution in [0.15, 0.2) is 54.6 Å². The molecule has 0 aliphatic carbocycles. The number of carbonyl (C=O) groups is 1. The summed E-state index contributed by atoms with van der Waals surface area (Å²) >= 11 is 5.75. The van der Waals surface area contributed by atoms with Crippen molar-refractivity contribution >= 4 is 23.2 Å². The molecule has 3 heteroatoms. The summed E-state index contributed by atoms with van der Waals surface area (Å²) in [5.74, 6) is 0.440. The number of aryl methyl sites for hydroxylation is 1. The molecule has 0 aliphatic rings. The second-order valence-corrected chi connectivity index (χ2v) is 4.29. The average molecular weight is 260 g/mol. The lowest BCUT2D eigenvalue weighted by Gasteiger charge is -2.10. The molecule has 0 atom stereocenters. The Balaban J connectivity index is 2.17. The van der Waals surface area contributed by atoms with Crippen LogP contribution in [-0.2, 0) is 6.42 Å². The Morgan fingerprint density at radius 3 is 2.39 bits per heavy atom. The van der Waals surface area contributed by atoms with Crippen molar-refractivity contribution in [1.82, 2.24) is 0 Å². The Morgan fingerprint density at radius 1 is 1.00 bits per heavy atom. The zero-order valence-corrected chi connectivity index (χ0v) is 10.7. The van der Waals surface area contributed by atoms with Gasteiger partial charge in [-0.25, -0.2) is 0 Å². The van der Waals surface area contributed by atoms with Gasteiger partial charge in [-0.1, -0.05) is 36.4 Å². The van der Waals surface area contributed by atoms with Crippen LogP contribution in [0, 0.1) is 0 Å². The van der Waals surface area contributed by atoms with E-state index in [1.165, 1.54) is 0 Å². The van der Waals surface area contributed by atoms with E-state index in [2.05, 4.69) is 5.32 Å². The van der Waals surface area contributed by atoms with Crippen molar-refractivity contribution in [2.75, 3.05) is 11.2 Å². The Morgan fingerprint density at radius 2 is 1.67 bits per heavy atom. The highest BCUT2D eigenvalue weighted by Gasteiger charge is 2.07. The van der Waals surface area contributed by atoms with Crippen LogP contribution in [-0.4, -0.2) is 11.8 Å². The quantitative estimate of drug-likeness (QED) is 0.833. The van der Waals surface area contributed by atoms with E-state index in [0.717, 1.165) is 17.7 Å². The van der Waals surface area contributed by atoms with Gasteiger partial charge in [-0.3, -0.25) is 4.79 Å². The van der Waals surface area contributed by atoms with Gasteiger partial charge in [0, 0.05) is 17.1 Å². The molecule has 0 saturated heterocycles. The Kier molecular flexibility index (Phi) is 4.37. The molecule has 0 unspecified atom stereocenters. The fourth-order valence-electron chi connectivity index (χ4n) is 1.75. The van der Waals surface area contributed by atoms with Gasteiger partial charge in [0.1, 0.15) is 0 Å². The molecule has 0 fully saturated rings. The molecule has 1 N–H and O–H groups in total. The zero-order valence-electron chi connectivity index (χ0n) is 9.90. The standard InChI is InChI=1S/C15H14ClNO/c16-11-10-12-6-4-5-9-14(12)17-15(18)13-7-2-1-3-8-13/h1-9H,10-11H2,(H,17,18). The van der Waals surface area contributed by atoms with Crippen molar-refractivity contribution in [2.24, 2.45) is 0 Å². The number of para-hydroxylation sites is 1. The fraction of sp³-hybridized carbons (Fsp3) is 0.133. The van der Waals surface area contributed by atoms with Crippen LogP contribution in [0.4, 0.5) is 5.69 Å². The van der Waals surface area contributed by atoms with Crippen molar-refractivity contribution in [1.29, 1.82) is 0 Å². The van der Waals surface area contributed by atoms with Gasteiger partial charge in [0.05, 0.1) is 0 Å². The number of benzene rings is 2. The molecule has 92 valence electrons. The first-order valence-corrected chi connectivity index (χ1v) is 6.35. The van der Waals surface area contributed by atoms with Crippen molar-refractivity contribution in [3.8, 4) is 0 Å². The van der Waals surface area contributed by atoms with E-state index in [1.807, 2.05) is 42.5 Å². The minimum absolute atomic E-state index is 0.0994. The summed E-state index contributed by atoms with van der Waals surface area (Å²) in [7, 11) is 0. The zero-order chi connectivity index (χ0) is 12.8. The number of rotatable bonds is 4. The normalized spacial score (nSPS) is 10.1. The first-order valence-electron chi connectivity index (χ1n) is 5.81. The third-order valence-corrected chi connectivity index (χ3v) is 2.85. The molecule has 2 aromatic carbocycles. The average Bonchev–Trinajstić information content (AvgIpc) is 2.42. The van der Waals surface area contributed by atoms with Crippen LogP contribution >= 0.6 is 11.6 Å². The van der Waals surface area contributed by atoms with Crippen LogP contribution in [0.25, 0.3) is 0 Å². The molecule has 0 aliphatic heterocycles. The maximum Gasteiger partial charge on any atom is 0.255 e. The van der Waals surface area contributed by atoms with Crippen LogP contribution in [0.2, 0.25) is 0 Å². The predicted octanol–water partition coefficient (Wildman–Crippen LogP) is 3.72. The first-order chi connectivity index (χ1) is 8.81. The Labute approximate surface area is 112 Å². The highest BCUT2D eigenvalue weighted by Crippen LogP contribution is 2.17. The van der Waals surface area contributed by atoms with Crippen LogP contribution < -0.4 is 5.32 Å². The van der Waals surface area contributed by atoms with Crippen LogP contribution in [0.3, 0.4) is 0 Å². The van der Waals surface area contributed by atoms with E-state index >= 15 is 0 Å². The van der Waals surface area contributed by atoms with Gasteiger partial charge in [0.2, 0.25) is 0 Å². The third kappa shape index (κ3) is 3.11. The predicted molar refractivity (Wildman–Crippen MR) is 75.3 cm³/mol. The maximum absolute atomic E-state index is 12.0. The number of nitrogens with one attached hydrogen (secondary N) is 1. The molecule has 0 spiro atoms. The van der Waals surface area contributed by atoms with Gasteiger partial charge >= 0.3 is 0 Å². The largest absolute Gasteiger partial charge is 0.322 e. The molecule has 2 aromatic rings. The van der Waals surface area contributed by atoms with Gasteiger partial charge in [0.25, 0.3) is 5.91 Å². The molecule has 0 bridgehead atoms. The molecule has 0 aromatic heterocycles. The van der Waals surface area contributed by atoms with Crippen LogP contribution in [0.1, 0.15) is 15.9 Å². The lowest BCUT2D eigenvalue weighted by atomic mass is 10.1. The smallest absolute Gasteiger partial charge is 0.255 e. The number of alkyl halides is 1. The van der Waals surface area contributed by atoms with Gasteiger partial charge in [-0.2, -0.15) is 0 Å². The summed E-state index contributed by atoms with van der Waals surface area (Å²) in [6.45, 7) is 0. The maximum atomic E-state index is 12.0. The third-order valence-electron chi connectivity index (χ3n) is 2.67. The molecular formula is C15H14ClNO. The molecule has 0 radical (unpaired) electrons. The number of amides is 1. The molecule has 0 saturated carbocycles. The molecule has 1 amide bonds. The summed E-state index contributed by atoms with van der Waals surface area (Å²) < 4.78 is 0. The number of hydrogen-bond donors (Lipinski definition) is 1. The minimum atomic E-state index is -0.0994. The monoisotopic (exact) mass is 259 g/mol. The van der Waals surface area contributed by atoms with Gasteiger partial charge < -0.3 is 5.32 Å². The highest BCUT2D eigenvalue weighted by atomic mass is 35.5. The lowest BCUT2D eigenvalue weighted by Crippen LogP contribution is -2.13. The number of carbonyl (C=O) groups excluding carboxylic acids is 1. The fourth-order valence-corrected chi connectivity index (χ4v) is 1.95. The molecule has 18 heavy (non-hydrogen) atoms. The van der Waals surface area contributed by atoms with E-state index in [-0.39, 0.29) is 5.91 Å². The second-order valence-electron chi connectivity index (χ2n) is 3.92. The molecule has 0 heterocycles. The van der Waals surface area contributed by atoms with E-state index in [1.54, 1.807) is 12.1 Å². The molecule has 2 rings (SSSR count). The Bertz CT molecular complexity index is 525. The van der Waals surface area contributed by atoms with Crippen molar-refractivity contribution in [3.63, 3.8) is 0 Å². The van der Waals surface area contributed by atoms with Gasteiger partial charge in [-0.05, 0) is 30.2 Å². The summed E-state index contributed by atoms with van der Waals surface area (Å²) in [6.07, 6.45) is 0.743. The number of anilines is 1. The van der Waals surface area contributed by atoms with E-state index in [0.29, 0.717) is 11.4 Å². The summed E-state index contributed by atoms with van der Waals surface area (Å²) in [5, 5.41) is 2.91. The van der Waals surface area contributed by atoms with Gasteiger partial charge in [-0.15, -0.1) is 11.6 Å². The summed E-state index contributed by atoms with van der Waals surface area (Å²) in [5.41, 5.74) is 2.53. The SMILES string of the molecule is O=C(Nc1ccccc1CCCl)c1ccccc1. The minimum Gasteiger partial charge on any atom is -0.322 e. The Hall–Kier alpha value is -1.80.